The summed E-state index contributed by atoms with van der Waals surface area (Å²) in [6.07, 6.45) is 2.75. The van der Waals surface area contributed by atoms with Crippen LogP contribution in [0.15, 0.2) is 23.1 Å². The molecule has 0 aliphatic rings. The van der Waals surface area contributed by atoms with Crippen molar-refractivity contribution in [3.8, 4) is 0 Å². The van der Waals surface area contributed by atoms with Gasteiger partial charge in [0.1, 0.15) is 0 Å². The Bertz CT molecular complexity index is 491. The van der Waals surface area contributed by atoms with E-state index in [1.807, 2.05) is 6.26 Å². The van der Waals surface area contributed by atoms with E-state index in [4.69, 9.17) is 16.7 Å². The Balaban J connectivity index is 2.76. The first-order valence-electron chi connectivity index (χ1n) is 5.39. The lowest BCUT2D eigenvalue weighted by Gasteiger charge is -2.08. The van der Waals surface area contributed by atoms with Crippen LogP contribution in [-0.2, 0) is 16.6 Å². The van der Waals surface area contributed by atoms with Crippen LogP contribution >= 0.6 is 23.4 Å². The van der Waals surface area contributed by atoms with Crippen LogP contribution in [0.2, 0.25) is 5.02 Å². The highest BCUT2D eigenvalue weighted by Gasteiger charge is 2.14. The summed E-state index contributed by atoms with van der Waals surface area (Å²) in [6.45, 7) is 0.197. The molecule has 7 heteroatoms. The predicted octanol–water partition coefficient (Wildman–Crippen LogP) is 1.86. The van der Waals surface area contributed by atoms with Crippen molar-refractivity contribution in [3.63, 3.8) is 0 Å². The number of thioether (sulfide) groups is 1. The zero-order valence-corrected chi connectivity index (χ0v) is 12.4. The number of hydrogen-bond donors (Lipinski definition) is 2. The maximum Gasteiger partial charge on any atom is 0.240 e. The Labute approximate surface area is 117 Å². The molecule has 0 bridgehead atoms. The van der Waals surface area contributed by atoms with Gasteiger partial charge in [-0.25, -0.2) is 13.1 Å². The number of sulfonamides is 1. The Kier molecular flexibility index (Phi) is 6.45. The number of rotatable bonds is 7. The van der Waals surface area contributed by atoms with Crippen LogP contribution in [0, 0.1) is 0 Å². The van der Waals surface area contributed by atoms with Crippen molar-refractivity contribution < 1.29 is 13.5 Å². The van der Waals surface area contributed by atoms with Gasteiger partial charge in [-0.05, 0) is 36.1 Å². The van der Waals surface area contributed by atoms with Crippen LogP contribution in [-0.4, -0.2) is 32.1 Å². The Morgan fingerprint density at radius 2 is 2.17 bits per heavy atom. The molecule has 0 fully saturated rings. The van der Waals surface area contributed by atoms with Crippen LogP contribution in [0.3, 0.4) is 0 Å². The number of halogens is 1. The maximum atomic E-state index is 11.9. The SMILES string of the molecule is CSCCCNS(=O)(=O)c1ccc(CO)c(Cl)c1. The molecule has 1 rings (SSSR count). The van der Waals surface area contributed by atoms with Crippen molar-refractivity contribution in [1.82, 2.24) is 4.72 Å². The molecule has 0 radical (unpaired) electrons. The number of aliphatic hydroxyl groups is 1. The maximum absolute atomic E-state index is 11.9. The fourth-order valence-corrected chi connectivity index (χ4v) is 3.17. The second kappa shape index (κ2) is 7.35. The third kappa shape index (κ3) is 4.44. The summed E-state index contributed by atoms with van der Waals surface area (Å²) in [6, 6.07) is 4.30. The highest BCUT2D eigenvalue weighted by Crippen LogP contribution is 2.20. The summed E-state index contributed by atoms with van der Waals surface area (Å²) >= 11 is 7.54. The van der Waals surface area contributed by atoms with E-state index in [2.05, 4.69) is 4.72 Å². The van der Waals surface area contributed by atoms with Gasteiger partial charge in [-0.3, -0.25) is 0 Å². The lowest BCUT2D eigenvalue weighted by Crippen LogP contribution is -2.25. The molecule has 2 N–H and O–H groups in total. The Morgan fingerprint density at radius 3 is 2.72 bits per heavy atom. The lowest BCUT2D eigenvalue weighted by atomic mass is 10.2. The summed E-state index contributed by atoms with van der Waals surface area (Å²) in [5.74, 6) is 0.909. The normalized spacial score (nSPS) is 11.7. The zero-order chi connectivity index (χ0) is 13.6. The van der Waals surface area contributed by atoms with Crippen molar-refractivity contribution in [2.24, 2.45) is 0 Å². The molecule has 102 valence electrons. The first-order valence-corrected chi connectivity index (χ1v) is 8.64. The Morgan fingerprint density at radius 1 is 1.44 bits per heavy atom. The molecular weight excluding hydrogens is 294 g/mol. The van der Waals surface area contributed by atoms with Gasteiger partial charge in [-0.1, -0.05) is 17.7 Å². The van der Waals surface area contributed by atoms with Crippen LogP contribution in [0.1, 0.15) is 12.0 Å². The minimum Gasteiger partial charge on any atom is -0.392 e. The van der Waals surface area contributed by atoms with E-state index in [0.29, 0.717) is 12.1 Å². The molecule has 0 heterocycles. The van der Waals surface area contributed by atoms with Gasteiger partial charge in [0.25, 0.3) is 0 Å². The lowest BCUT2D eigenvalue weighted by molar-refractivity contribution is 0.282. The van der Waals surface area contributed by atoms with Gasteiger partial charge in [0, 0.05) is 11.6 Å². The van der Waals surface area contributed by atoms with E-state index in [1.165, 1.54) is 18.2 Å². The van der Waals surface area contributed by atoms with Crippen molar-refractivity contribution in [2.75, 3.05) is 18.6 Å². The molecule has 18 heavy (non-hydrogen) atoms. The van der Waals surface area contributed by atoms with E-state index in [0.717, 1.165) is 12.2 Å². The monoisotopic (exact) mass is 309 g/mol. The van der Waals surface area contributed by atoms with E-state index >= 15 is 0 Å². The van der Waals surface area contributed by atoms with Gasteiger partial charge in [-0.2, -0.15) is 11.8 Å². The minimum absolute atomic E-state index is 0.119. The number of nitrogens with one attached hydrogen (secondary N) is 1. The minimum atomic E-state index is -3.51. The predicted molar refractivity (Wildman–Crippen MR) is 75.6 cm³/mol. The van der Waals surface area contributed by atoms with Gasteiger partial charge in [-0.15, -0.1) is 0 Å². The third-order valence-corrected chi connectivity index (χ3v) is 4.83. The molecule has 0 spiro atoms. The van der Waals surface area contributed by atoms with Gasteiger partial charge < -0.3 is 5.11 Å². The third-order valence-electron chi connectivity index (χ3n) is 2.32. The number of aliphatic hydroxyl groups excluding tert-OH is 1. The molecule has 4 nitrogen and oxygen atoms in total. The molecule has 0 saturated carbocycles. The first kappa shape index (κ1) is 15.8. The van der Waals surface area contributed by atoms with Crippen LogP contribution in [0.25, 0.3) is 0 Å². The first-order chi connectivity index (χ1) is 8.51. The molecule has 0 aliphatic heterocycles. The fourth-order valence-electron chi connectivity index (χ4n) is 1.33. The van der Waals surface area contributed by atoms with Crippen LogP contribution < -0.4 is 4.72 Å². The van der Waals surface area contributed by atoms with E-state index < -0.39 is 10.0 Å². The van der Waals surface area contributed by atoms with E-state index in [-0.39, 0.29) is 16.5 Å². The van der Waals surface area contributed by atoms with Crippen molar-refractivity contribution in [1.29, 1.82) is 0 Å². The quantitative estimate of drug-likeness (QED) is 0.755. The van der Waals surface area contributed by atoms with Crippen molar-refractivity contribution >= 4 is 33.4 Å². The molecule has 0 unspecified atom stereocenters. The van der Waals surface area contributed by atoms with Gasteiger partial charge in [0.05, 0.1) is 11.5 Å². The molecule has 1 aromatic carbocycles. The van der Waals surface area contributed by atoms with Crippen LogP contribution in [0.5, 0.6) is 0 Å². The summed E-state index contributed by atoms with van der Waals surface area (Å²) in [7, 11) is -3.51. The molecule has 1 aromatic rings. The van der Waals surface area contributed by atoms with E-state index in [9.17, 15) is 8.42 Å². The number of benzene rings is 1. The van der Waals surface area contributed by atoms with Crippen molar-refractivity contribution in [2.45, 2.75) is 17.9 Å². The average molecular weight is 310 g/mol. The molecule has 0 aromatic heterocycles. The Hall–Kier alpha value is -0.270. The molecular formula is C11H16ClNO3S2. The summed E-state index contributed by atoms with van der Waals surface area (Å²) in [5, 5.41) is 9.21. The second-order valence-corrected chi connectivity index (χ2v) is 6.82. The molecule has 0 aliphatic carbocycles. The van der Waals surface area contributed by atoms with Gasteiger partial charge in [0.2, 0.25) is 10.0 Å². The fraction of sp³-hybridized carbons (Fsp3) is 0.455. The zero-order valence-electron chi connectivity index (χ0n) is 10.0. The molecule has 0 amide bonds. The van der Waals surface area contributed by atoms with Crippen molar-refractivity contribution in [3.05, 3.63) is 28.8 Å². The van der Waals surface area contributed by atoms with Crippen LogP contribution in [0.4, 0.5) is 0 Å². The van der Waals surface area contributed by atoms with E-state index in [1.54, 1.807) is 11.8 Å². The standard InChI is InChI=1S/C11H16ClNO3S2/c1-17-6-2-5-13-18(15,16)10-4-3-9(8-14)11(12)7-10/h3-4,7,13-14H,2,5-6,8H2,1H3. The summed E-state index contributed by atoms with van der Waals surface area (Å²) < 4.78 is 26.3. The van der Waals surface area contributed by atoms with Gasteiger partial charge >= 0.3 is 0 Å². The smallest absolute Gasteiger partial charge is 0.240 e. The topological polar surface area (TPSA) is 66.4 Å². The number of hydrogen-bond acceptors (Lipinski definition) is 4. The highest BCUT2D eigenvalue weighted by molar-refractivity contribution is 7.98. The highest BCUT2D eigenvalue weighted by atomic mass is 35.5. The van der Waals surface area contributed by atoms with Gasteiger partial charge in [0.15, 0.2) is 0 Å². The molecule has 0 atom stereocenters. The second-order valence-electron chi connectivity index (χ2n) is 3.66. The summed E-state index contributed by atoms with van der Waals surface area (Å²) in [5.41, 5.74) is 0.512. The molecule has 0 saturated heterocycles. The average Bonchev–Trinajstić information content (AvgIpc) is 2.34. The largest absolute Gasteiger partial charge is 0.392 e. The summed E-state index contributed by atoms with van der Waals surface area (Å²) in [4.78, 5) is 0.119.